The monoisotopic (exact) mass is 386 g/mol. The molecule has 0 unspecified atom stereocenters. The molecule has 0 bridgehead atoms. The van der Waals surface area contributed by atoms with E-state index in [9.17, 15) is 14.4 Å². The zero-order valence-corrected chi connectivity index (χ0v) is 17.2. The van der Waals surface area contributed by atoms with E-state index in [2.05, 4.69) is 10.5 Å². The lowest BCUT2D eigenvalue weighted by atomic mass is 9.86. The van der Waals surface area contributed by atoms with E-state index in [1.165, 1.54) is 4.90 Å². The van der Waals surface area contributed by atoms with Crippen LogP contribution >= 0.6 is 0 Å². The van der Waals surface area contributed by atoms with Crippen LogP contribution in [0.2, 0.25) is 0 Å². The highest BCUT2D eigenvalue weighted by Gasteiger charge is 2.38. The van der Waals surface area contributed by atoms with Gasteiger partial charge in [-0.1, -0.05) is 19.0 Å². The molecule has 0 aromatic carbocycles. The first kappa shape index (κ1) is 25.0. The molecule has 10 nitrogen and oxygen atoms in total. The molecule has 27 heavy (non-hydrogen) atoms. The molecule has 0 atom stereocenters. The Bertz CT molecular complexity index is 536. The number of amides is 2. The van der Waals surface area contributed by atoms with E-state index >= 15 is 0 Å². The van der Waals surface area contributed by atoms with Crippen LogP contribution in [0.25, 0.3) is 0 Å². The standard InChI is InChI=1S/C12H23N5O3.C5H11NO/c1-9(14-20)12(2,3)11(19)17-7-15(4)6-16(8-17)10(18)5-13;1-5(2)6-3-4-7/h20H,5-8,13H2,1-4H3;4-6H,3H2,1-2H3. The Hall–Kier alpha value is -2.04. The Morgan fingerprint density at radius 2 is 1.81 bits per heavy atom. The van der Waals surface area contributed by atoms with Gasteiger partial charge in [0.1, 0.15) is 6.29 Å². The number of carbonyl (C=O) groups is 3. The molecule has 2 amide bonds. The third kappa shape index (κ3) is 8.02. The molecule has 0 radical (unpaired) electrons. The number of oxime groups is 1. The molecular weight excluding hydrogens is 352 g/mol. The van der Waals surface area contributed by atoms with Gasteiger partial charge in [-0.05, 0) is 27.8 Å². The molecule has 1 saturated heterocycles. The number of nitrogens with two attached hydrogens (primary N) is 1. The molecule has 4 N–H and O–H groups in total. The Kier molecular flexibility index (Phi) is 10.7. The van der Waals surface area contributed by atoms with Crippen molar-refractivity contribution < 1.29 is 19.6 Å². The first-order chi connectivity index (χ1) is 12.5. The Balaban J connectivity index is 0.000000821. The van der Waals surface area contributed by atoms with Crippen molar-refractivity contribution >= 4 is 23.8 Å². The van der Waals surface area contributed by atoms with Gasteiger partial charge in [-0.25, -0.2) is 0 Å². The van der Waals surface area contributed by atoms with Gasteiger partial charge in [0.25, 0.3) is 0 Å². The van der Waals surface area contributed by atoms with E-state index < -0.39 is 5.41 Å². The largest absolute Gasteiger partial charge is 0.411 e. The number of rotatable bonds is 6. The minimum Gasteiger partial charge on any atom is -0.411 e. The maximum atomic E-state index is 12.6. The van der Waals surface area contributed by atoms with Gasteiger partial charge in [0.05, 0.1) is 44.2 Å². The smallest absolute Gasteiger partial charge is 0.238 e. The lowest BCUT2D eigenvalue weighted by molar-refractivity contribution is -0.153. The maximum absolute atomic E-state index is 12.6. The third-order valence-electron chi connectivity index (χ3n) is 4.18. The highest BCUT2D eigenvalue weighted by molar-refractivity contribution is 6.06. The van der Waals surface area contributed by atoms with E-state index in [4.69, 9.17) is 10.9 Å². The van der Waals surface area contributed by atoms with Crippen molar-refractivity contribution in [2.75, 3.05) is 40.1 Å². The molecule has 10 heteroatoms. The summed E-state index contributed by atoms with van der Waals surface area (Å²) in [6.45, 7) is 10.4. The van der Waals surface area contributed by atoms with E-state index in [1.54, 1.807) is 25.7 Å². The van der Waals surface area contributed by atoms with Gasteiger partial charge in [-0.3, -0.25) is 14.5 Å². The van der Waals surface area contributed by atoms with Crippen molar-refractivity contribution in [3.05, 3.63) is 0 Å². The van der Waals surface area contributed by atoms with Crippen LogP contribution in [-0.4, -0.2) is 89.9 Å². The van der Waals surface area contributed by atoms with E-state index in [1.807, 2.05) is 25.8 Å². The summed E-state index contributed by atoms with van der Waals surface area (Å²) in [6, 6.07) is 0.421. The third-order valence-corrected chi connectivity index (χ3v) is 4.18. The lowest BCUT2D eigenvalue weighted by Crippen LogP contribution is -2.60. The number of carbonyl (C=O) groups excluding carboxylic acids is 3. The number of nitrogens with zero attached hydrogens (tertiary/aromatic N) is 4. The van der Waals surface area contributed by atoms with Gasteiger partial charge in [0.2, 0.25) is 11.8 Å². The molecular formula is C17H34N6O4. The molecule has 0 saturated carbocycles. The molecule has 1 fully saturated rings. The molecule has 1 rings (SSSR count). The topological polar surface area (TPSA) is 132 Å². The van der Waals surface area contributed by atoms with Crippen molar-refractivity contribution in [2.24, 2.45) is 16.3 Å². The predicted octanol–water partition coefficient (Wildman–Crippen LogP) is -0.520. The Labute approximate surface area is 161 Å². The minimum atomic E-state index is -0.926. The summed E-state index contributed by atoms with van der Waals surface area (Å²) in [5, 5.41) is 14.9. The van der Waals surface area contributed by atoms with Crippen molar-refractivity contribution in [2.45, 2.75) is 40.7 Å². The van der Waals surface area contributed by atoms with Crippen LogP contribution in [0.4, 0.5) is 0 Å². The van der Waals surface area contributed by atoms with Gasteiger partial charge in [0.15, 0.2) is 0 Å². The molecule has 1 heterocycles. The molecule has 1 aliphatic rings. The van der Waals surface area contributed by atoms with Crippen molar-refractivity contribution in [1.82, 2.24) is 20.0 Å². The second-order valence-corrected chi connectivity index (χ2v) is 7.30. The summed E-state index contributed by atoms with van der Waals surface area (Å²) < 4.78 is 0. The highest BCUT2D eigenvalue weighted by atomic mass is 16.4. The second kappa shape index (κ2) is 11.6. The van der Waals surface area contributed by atoms with Crippen LogP contribution in [0.15, 0.2) is 5.16 Å². The predicted molar refractivity (Wildman–Crippen MR) is 103 cm³/mol. The van der Waals surface area contributed by atoms with Gasteiger partial charge >= 0.3 is 0 Å². The van der Waals surface area contributed by atoms with Crippen LogP contribution < -0.4 is 11.1 Å². The molecule has 1 aliphatic heterocycles. The molecule has 156 valence electrons. The number of nitrogens with one attached hydrogen (secondary N) is 1. The van der Waals surface area contributed by atoms with Crippen LogP contribution in [0.5, 0.6) is 0 Å². The van der Waals surface area contributed by atoms with Gasteiger partial charge in [-0.2, -0.15) is 0 Å². The van der Waals surface area contributed by atoms with E-state index in [0.717, 1.165) is 6.29 Å². The average molecular weight is 386 g/mol. The molecule has 0 aromatic heterocycles. The minimum absolute atomic E-state index is 0.0869. The summed E-state index contributed by atoms with van der Waals surface area (Å²) in [5.74, 6) is -0.408. The van der Waals surface area contributed by atoms with Gasteiger partial charge in [-0.15, -0.1) is 0 Å². The van der Waals surface area contributed by atoms with Crippen LogP contribution in [0.3, 0.4) is 0 Å². The van der Waals surface area contributed by atoms with Crippen LogP contribution in [0, 0.1) is 5.41 Å². The Morgan fingerprint density at radius 1 is 1.26 bits per heavy atom. The number of hydrogen-bond donors (Lipinski definition) is 3. The zero-order valence-electron chi connectivity index (χ0n) is 17.2. The zero-order chi connectivity index (χ0) is 21.2. The average Bonchev–Trinajstić information content (AvgIpc) is 2.63. The second-order valence-electron chi connectivity index (χ2n) is 7.30. The first-order valence-electron chi connectivity index (χ1n) is 8.83. The lowest BCUT2D eigenvalue weighted by Gasteiger charge is -2.43. The first-order valence-corrected chi connectivity index (χ1v) is 8.83. The fourth-order valence-electron chi connectivity index (χ4n) is 2.30. The van der Waals surface area contributed by atoms with Crippen molar-refractivity contribution in [3.8, 4) is 0 Å². The quantitative estimate of drug-likeness (QED) is 0.242. The van der Waals surface area contributed by atoms with E-state index in [0.29, 0.717) is 31.6 Å². The van der Waals surface area contributed by atoms with Crippen LogP contribution in [0.1, 0.15) is 34.6 Å². The fraction of sp³-hybridized carbons (Fsp3) is 0.765. The number of hydrogen-bond acceptors (Lipinski definition) is 8. The molecule has 0 aliphatic carbocycles. The van der Waals surface area contributed by atoms with Crippen LogP contribution in [-0.2, 0) is 14.4 Å². The maximum Gasteiger partial charge on any atom is 0.238 e. The summed E-state index contributed by atoms with van der Waals surface area (Å²) in [7, 11) is 1.82. The summed E-state index contributed by atoms with van der Waals surface area (Å²) >= 11 is 0. The van der Waals surface area contributed by atoms with Gasteiger partial charge in [0, 0.05) is 6.04 Å². The molecule has 0 aromatic rings. The number of aldehydes is 1. The van der Waals surface area contributed by atoms with Crippen molar-refractivity contribution in [1.29, 1.82) is 0 Å². The molecule has 0 spiro atoms. The summed E-state index contributed by atoms with van der Waals surface area (Å²) in [6.07, 6.45) is 0.861. The Morgan fingerprint density at radius 3 is 2.22 bits per heavy atom. The fourth-order valence-corrected chi connectivity index (χ4v) is 2.30. The van der Waals surface area contributed by atoms with Crippen molar-refractivity contribution in [3.63, 3.8) is 0 Å². The normalized spacial score (nSPS) is 16.1. The summed E-state index contributed by atoms with van der Waals surface area (Å²) in [5.41, 5.74) is 4.76. The van der Waals surface area contributed by atoms with E-state index in [-0.39, 0.29) is 25.0 Å². The summed E-state index contributed by atoms with van der Waals surface area (Å²) in [4.78, 5) is 38.8. The SMILES string of the molecule is CC(=NO)C(C)(C)C(=O)N1CN(C)CN(C(=O)CN)C1.CC(C)NCC=O. The highest BCUT2D eigenvalue weighted by Crippen LogP contribution is 2.23. The van der Waals surface area contributed by atoms with Gasteiger partial charge < -0.3 is 30.9 Å².